The summed E-state index contributed by atoms with van der Waals surface area (Å²) in [5, 5.41) is 6.22. The number of aromatic nitrogens is 1. The van der Waals surface area contributed by atoms with Crippen molar-refractivity contribution in [3.8, 4) is 16.8 Å². The van der Waals surface area contributed by atoms with Crippen LogP contribution in [-0.2, 0) is 5.41 Å². The number of allylic oxidation sites excluding steroid dienone is 4. The molecule has 0 radical (unpaired) electrons. The predicted molar refractivity (Wildman–Crippen MR) is 174 cm³/mol. The van der Waals surface area contributed by atoms with Crippen LogP contribution in [-0.4, -0.2) is 4.57 Å². The molecular formula is C39H32N2. The molecule has 8 rings (SSSR count). The van der Waals surface area contributed by atoms with E-state index in [4.69, 9.17) is 0 Å². The second-order valence-electron chi connectivity index (χ2n) is 11.8. The van der Waals surface area contributed by atoms with E-state index in [1.807, 2.05) is 0 Å². The molecule has 0 aliphatic heterocycles. The van der Waals surface area contributed by atoms with Crippen LogP contribution in [0.1, 0.15) is 37.8 Å². The summed E-state index contributed by atoms with van der Waals surface area (Å²) in [6, 6.07) is 41.9. The zero-order valence-corrected chi connectivity index (χ0v) is 23.5. The Bertz CT molecular complexity index is 2020. The summed E-state index contributed by atoms with van der Waals surface area (Å²) in [4.78, 5) is 0. The molecule has 1 aromatic heterocycles. The lowest BCUT2D eigenvalue weighted by Gasteiger charge is -2.26. The average Bonchev–Trinajstić information content (AvgIpc) is 3.46. The Hall–Kier alpha value is -4.82. The highest BCUT2D eigenvalue weighted by atomic mass is 15.0. The Morgan fingerprint density at radius 1 is 0.659 bits per heavy atom. The van der Waals surface area contributed by atoms with Gasteiger partial charge in [-0.05, 0) is 95.3 Å². The van der Waals surface area contributed by atoms with Gasteiger partial charge in [-0.2, -0.15) is 0 Å². The number of hydrogen-bond donors (Lipinski definition) is 1. The standard InChI is InChI=1S/C39H32N2/c1-39(2)35-14-8-6-12-31(35)32-22-21-29(25-36(32)39)40-28-19-16-26(17-20-28)27-18-23-38-34(24-27)33-13-7-9-15-37(33)41(38)30-10-4-3-5-11-30/h3-7,9-13,15-25,40H,8,14H2,1-2H3. The number of nitrogens with one attached hydrogen (secondary N) is 1. The normalized spacial score (nSPS) is 15.4. The average molecular weight is 529 g/mol. The van der Waals surface area contributed by atoms with Crippen LogP contribution in [0.3, 0.4) is 0 Å². The van der Waals surface area contributed by atoms with Gasteiger partial charge in [0.2, 0.25) is 0 Å². The third kappa shape index (κ3) is 3.78. The maximum atomic E-state index is 3.67. The van der Waals surface area contributed by atoms with Crippen molar-refractivity contribution in [3.63, 3.8) is 0 Å². The molecule has 41 heavy (non-hydrogen) atoms. The lowest BCUT2D eigenvalue weighted by molar-refractivity contribution is 0.607. The van der Waals surface area contributed by atoms with Crippen LogP contribution in [0.15, 0.2) is 133 Å². The van der Waals surface area contributed by atoms with Gasteiger partial charge in [-0.3, -0.25) is 0 Å². The van der Waals surface area contributed by atoms with Crippen molar-refractivity contribution in [2.24, 2.45) is 0 Å². The molecule has 2 nitrogen and oxygen atoms in total. The number of hydrogen-bond acceptors (Lipinski definition) is 1. The van der Waals surface area contributed by atoms with Crippen LogP contribution in [0, 0.1) is 0 Å². The highest BCUT2D eigenvalue weighted by molar-refractivity contribution is 6.10. The van der Waals surface area contributed by atoms with E-state index in [0.717, 1.165) is 24.2 Å². The first-order chi connectivity index (χ1) is 20.1. The first-order valence-corrected chi connectivity index (χ1v) is 14.6. The Morgan fingerprint density at radius 3 is 2.24 bits per heavy atom. The van der Waals surface area contributed by atoms with E-state index >= 15 is 0 Å². The summed E-state index contributed by atoms with van der Waals surface area (Å²) < 4.78 is 2.36. The van der Waals surface area contributed by atoms with Crippen molar-refractivity contribution in [1.29, 1.82) is 0 Å². The zero-order chi connectivity index (χ0) is 27.6. The Balaban J connectivity index is 1.11. The van der Waals surface area contributed by atoms with Crippen LogP contribution in [0.25, 0.3) is 44.2 Å². The third-order valence-corrected chi connectivity index (χ3v) is 9.10. The quantitative estimate of drug-likeness (QED) is 0.241. The fraction of sp³-hybridized carbons (Fsp3) is 0.128. The number of nitrogens with zero attached hydrogens (tertiary/aromatic N) is 1. The fourth-order valence-electron chi connectivity index (χ4n) is 7.02. The van der Waals surface area contributed by atoms with Gasteiger partial charge in [0.25, 0.3) is 0 Å². The molecule has 0 bridgehead atoms. The van der Waals surface area contributed by atoms with Crippen molar-refractivity contribution in [2.45, 2.75) is 32.1 Å². The van der Waals surface area contributed by atoms with Gasteiger partial charge < -0.3 is 9.88 Å². The molecule has 0 saturated carbocycles. The second kappa shape index (κ2) is 9.11. The maximum absolute atomic E-state index is 3.67. The maximum Gasteiger partial charge on any atom is 0.0541 e. The highest BCUT2D eigenvalue weighted by Crippen LogP contribution is 2.50. The van der Waals surface area contributed by atoms with Gasteiger partial charge >= 0.3 is 0 Å². The van der Waals surface area contributed by atoms with Crippen LogP contribution in [0.5, 0.6) is 0 Å². The largest absolute Gasteiger partial charge is 0.356 e. The molecule has 0 fully saturated rings. The number of benzene rings is 5. The topological polar surface area (TPSA) is 17.0 Å². The fourth-order valence-corrected chi connectivity index (χ4v) is 7.02. The Kier molecular flexibility index (Phi) is 5.33. The number of fused-ring (bicyclic) bond motifs is 5. The summed E-state index contributed by atoms with van der Waals surface area (Å²) in [5.41, 5.74) is 14.3. The van der Waals surface area contributed by atoms with E-state index in [9.17, 15) is 0 Å². The minimum Gasteiger partial charge on any atom is -0.356 e. The van der Waals surface area contributed by atoms with E-state index in [1.54, 1.807) is 5.57 Å². The van der Waals surface area contributed by atoms with E-state index < -0.39 is 0 Å². The molecule has 2 aliphatic rings. The molecule has 198 valence electrons. The third-order valence-electron chi connectivity index (χ3n) is 9.10. The minimum atomic E-state index is 0.0826. The number of anilines is 2. The summed E-state index contributed by atoms with van der Waals surface area (Å²) in [6.45, 7) is 4.75. The first kappa shape index (κ1) is 24.0. The lowest BCUT2D eigenvalue weighted by atomic mass is 9.78. The molecule has 6 aromatic rings. The minimum absolute atomic E-state index is 0.0826. The van der Waals surface area contributed by atoms with Crippen molar-refractivity contribution in [2.75, 3.05) is 5.32 Å². The summed E-state index contributed by atoms with van der Waals surface area (Å²) in [6.07, 6.45) is 6.96. The molecule has 5 aromatic carbocycles. The van der Waals surface area contributed by atoms with Gasteiger partial charge in [0, 0.05) is 33.2 Å². The van der Waals surface area contributed by atoms with Crippen molar-refractivity contribution < 1.29 is 0 Å². The predicted octanol–water partition coefficient (Wildman–Crippen LogP) is 10.6. The Morgan fingerprint density at radius 2 is 1.39 bits per heavy atom. The van der Waals surface area contributed by atoms with Crippen molar-refractivity contribution in [1.82, 2.24) is 4.57 Å². The smallest absolute Gasteiger partial charge is 0.0541 e. The van der Waals surface area contributed by atoms with Gasteiger partial charge in [-0.25, -0.2) is 0 Å². The second-order valence-corrected chi connectivity index (χ2v) is 11.8. The lowest BCUT2D eigenvalue weighted by Crippen LogP contribution is -2.17. The van der Waals surface area contributed by atoms with Crippen LogP contribution in [0.4, 0.5) is 11.4 Å². The highest BCUT2D eigenvalue weighted by Gasteiger charge is 2.37. The van der Waals surface area contributed by atoms with Crippen molar-refractivity contribution >= 4 is 38.8 Å². The summed E-state index contributed by atoms with van der Waals surface area (Å²) in [5.74, 6) is 0. The van der Waals surface area contributed by atoms with Gasteiger partial charge in [0.1, 0.15) is 0 Å². The summed E-state index contributed by atoms with van der Waals surface area (Å²) >= 11 is 0. The molecule has 1 N–H and O–H groups in total. The molecule has 0 atom stereocenters. The number of para-hydroxylation sites is 2. The van der Waals surface area contributed by atoms with E-state index in [0.29, 0.717) is 0 Å². The molecule has 0 spiro atoms. The van der Waals surface area contributed by atoms with Crippen LogP contribution in [0.2, 0.25) is 0 Å². The van der Waals surface area contributed by atoms with E-state index in [-0.39, 0.29) is 5.41 Å². The van der Waals surface area contributed by atoms with Gasteiger partial charge in [0.15, 0.2) is 0 Å². The monoisotopic (exact) mass is 528 g/mol. The Labute approximate surface area is 241 Å². The van der Waals surface area contributed by atoms with Gasteiger partial charge in [-0.15, -0.1) is 0 Å². The summed E-state index contributed by atoms with van der Waals surface area (Å²) in [7, 11) is 0. The first-order valence-electron chi connectivity index (χ1n) is 14.6. The zero-order valence-electron chi connectivity index (χ0n) is 23.5. The van der Waals surface area contributed by atoms with Crippen molar-refractivity contribution in [3.05, 3.63) is 144 Å². The molecular weight excluding hydrogens is 496 g/mol. The van der Waals surface area contributed by atoms with Gasteiger partial charge in [0.05, 0.1) is 11.0 Å². The van der Waals surface area contributed by atoms with Crippen LogP contribution >= 0.6 is 0 Å². The van der Waals surface area contributed by atoms with Gasteiger partial charge in [-0.1, -0.05) is 92.2 Å². The molecule has 0 unspecified atom stereocenters. The number of rotatable bonds is 4. The molecule has 0 saturated heterocycles. The van der Waals surface area contributed by atoms with Crippen LogP contribution < -0.4 is 5.32 Å². The SMILES string of the molecule is CC1(C)C2=C(C=CCC2)c2ccc(Nc3ccc(-c4ccc5c(c4)c4ccccc4n5-c4ccccc4)cc3)cc21. The molecule has 0 amide bonds. The van der Waals surface area contributed by atoms with E-state index in [2.05, 4.69) is 151 Å². The van der Waals surface area contributed by atoms with E-state index in [1.165, 1.54) is 55.3 Å². The molecule has 2 aliphatic carbocycles. The molecule has 1 heterocycles. The molecule has 2 heteroatoms.